The monoisotopic (exact) mass is 297 g/mol. The van der Waals surface area contributed by atoms with E-state index in [4.69, 9.17) is 0 Å². The molecule has 0 fully saturated rings. The van der Waals surface area contributed by atoms with E-state index in [0.717, 1.165) is 4.34 Å². The Morgan fingerprint density at radius 3 is 2.95 bits per heavy atom. The van der Waals surface area contributed by atoms with Crippen molar-refractivity contribution in [3.05, 3.63) is 35.1 Å². The van der Waals surface area contributed by atoms with E-state index in [2.05, 4.69) is 15.5 Å². The number of carbonyl (C=O) groups excluding carboxylic acids is 1. The molecule has 1 aromatic carbocycles. The maximum absolute atomic E-state index is 13.4. The predicted octanol–water partition coefficient (Wildman–Crippen LogP) is 3.10. The highest BCUT2D eigenvalue weighted by molar-refractivity contribution is 8.02. The fourth-order valence-corrected chi connectivity index (χ4v) is 2.96. The van der Waals surface area contributed by atoms with Gasteiger partial charge in [0.15, 0.2) is 4.34 Å². The van der Waals surface area contributed by atoms with Gasteiger partial charge in [-0.05, 0) is 31.5 Å². The van der Waals surface area contributed by atoms with Crippen LogP contribution in [0.25, 0.3) is 0 Å². The van der Waals surface area contributed by atoms with Crippen LogP contribution in [0.2, 0.25) is 0 Å². The van der Waals surface area contributed by atoms with Crippen LogP contribution < -0.4 is 5.32 Å². The molecule has 0 aliphatic rings. The van der Waals surface area contributed by atoms with Crippen molar-refractivity contribution >= 4 is 34.7 Å². The number of halogens is 1. The van der Waals surface area contributed by atoms with Crippen molar-refractivity contribution in [1.29, 1.82) is 0 Å². The normalized spacial score (nSPS) is 12.2. The maximum Gasteiger partial charge on any atom is 0.237 e. The zero-order valence-electron chi connectivity index (χ0n) is 10.4. The maximum atomic E-state index is 13.4. The van der Waals surface area contributed by atoms with Gasteiger partial charge in [0.1, 0.15) is 11.3 Å². The number of amides is 1. The lowest BCUT2D eigenvalue weighted by atomic mass is 10.2. The van der Waals surface area contributed by atoms with Crippen molar-refractivity contribution in [2.24, 2.45) is 0 Å². The van der Waals surface area contributed by atoms with Gasteiger partial charge in [0.25, 0.3) is 0 Å². The van der Waals surface area contributed by atoms with Crippen LogP contribution >= 0.6 is 23.1 Å². The van der Waals surface area contributed by atoms with Gasteiger partial charge in [0, 0.05) is 5.69 Å². The van der Waals surface area contributed by atoms with Gasteiger partial charge in [0.05, 0.1) is 5.25 Å². The topological polar surface area (TPSA) is 54.9 Å². The minimum absolute atomic E-state index is 0.191. The second-order valence-electron chi connectivity index (χ2n) is 3.92. The summed E-state index contributed by atoms with van der Waals surface area (Å²) in [6.45, 7) is 3.45. The SMILES string of the molecule is Cc1ccc(NC(=O)[C@H](C)Sc2nncs2)cc1F. The molecule has 0 radical (unpaired) electrons. The van der Waals surface area contributed by atoms with E-state index in [1.165, 1.54) is 29.2 Å². The van der Waals surface area contributed by atoms with Crippen LogP contribution in [0.15, 0.2) is 28.0 Å². The summed E-state index contributed by atoms with van der Waals surface area (Å²) in [4.78, 5) is 11.9. The van der Waals surface area contributed by atoms with E-state index in [0.29, 0.717) is 11.3 Å². The van der Waals surface area contributed by atoms with Crippen molar-refractivity contribution in [3.8, 4) is 0 Å². The molecule has 100 valence electrons. The zero-order chi connectivity index (χ0) is 13.8. The Bertz CT molecular complexity index is 574. The zero-order valence-corrected chi connectivity index (χ0v) is 12.0. The number of rotatable bonds is 4. The highest BCUT2D eigenvalue weighted by Gasteiger charge is 2.16. The Morgan fingerprint density at radius 1 is 1.53 bits per heavy atom. The van der Waals surface area contributed by atoms with Crippen molar-refractivity contribution in [2.45, 2.75) is 23.4 Å². The average molecular weight is 297 g/mol. The van der Waals surface area contributed by atoms with Crippen LogP contribution in [-0.4, -0.2) is 21.4 Å². The number of nitrogens with zero attached hydrogens (tertiary/aromatic N) is 2. The number of hydrogen-bond donors (Lipinski definition) is 1. The summed E-state index contributed by atoms with van der Waals surface area (Å²) in [5.41, 5.74) is 2.62. The molecule has 0 saturated carbocycles. The Kier molecular flexibility index (Phi) is 4.49. The van der Waals surface area contributed by atoms with Crippen LogP contribution in [0.1, 0.15) is 12.5 Å². The molecule has 1 atom stereocenters. The number of aromatic nitrogens is 2. The summed E-state index contributed by atoms with van der Waals surface area (Å²) in [5.74, 6) is -0.523. The Morgan fingerprint density at radius 2 is 2.32 bits per heavy atom. The van der Waals surface area contributed by atoms with Gasteiger partial charge >= 0.3 is 0 Å². The molecule has 0 saturated heterocycles. The number of anilines is 1. The number of hydrogen-bond acceptors (Lipinski definition) is 5. The molecule has 7 heteroatoms. The van der Waals surface area contributed by atoms with Gasteiger partial charge in [0.2, 0.25) is 5.91 Å². The van der Waals surface area contributed by atoms with E-state index in [1.54, 1.807) is 31.5 Å². The minimum Gasteiger partial charge on any atom is -0.325 e. The third-order valence-corrected chi connectivity index (χ3v) is 4.34. The quantitative estimate of drug-likeness (QED) is 0.881. The van der Waals surface area contributed by atoms with Crippen molar-refractivity contribution < 1.29 is 9.18 Å². The second-order valence-corrected chi connectivity index (χ2v) is 6.34. The second kappa shape index (κ2) is 6.12. The van der Waals surface area contributed by atoms with Gasteiger partial charge in [-0.1, -0.05) is 29.2 Å². The van der Waals surface area contributed by atoms with Crippen LogP contribution in [0.5, 0.6) is 0 Å². The number of carbonyl (C=O) groups is 1. The minimum atomic E-state index is -0.331. The Balaban J connectivity index is 1.98. The molecule has 2 aromatic rings. The number of aryl methyl sites for hydroxylation is 1. The molecule has 0 aliphatic carbocycles. The van der Waals surface area contributed by atoms with Gasteiger partial charge in [-0.3, -0.25) is 4.79 Å². The standard InChI is InChI=1S/C12H12FN3OS2/c1-7-3-4-9(5-10(7)13)15-11(17)8(2)19-12-16-14-6-18-12/h3-6,8H,1-2H3,(H,15,17)/t8-/m0/s1. The van der Waals surface area contributed by atoms with Crippen molar-refractivity contribution in [3.63, 3.8) is 0 Å². The molecular weight excluding hydrogens is 285 g/mol. The van der Waals surface area contributed by atoms with E-state index in [9.17, 15) is 9.18 Å². The molecule has 0 aliphatic heterocycles. The Hall–Kier alpha value is -1.47. The molecule has 1 N–H and O–H groups in total. The van der Waals surface area contributed by atoms with E-state index in [1.807, 2.05) is 0 Å². The van der Waals surface area contributed by atoms with Crippen LogP contribution in [-0.2, 0) is 4.79 Å². The van der Waals surface area contributed by atoms with Gasteiger partial charge in [-0.25, -0.2) is 4.39 Å². The lowest BCUT2D eigenvalue weighted by Gasteiger charge is -2.10. The van der Waals surface area contributed by atoms with Gasteiger partial charge in [-0.2, -0.15) is 0 Å². The lowest BCUT2D eigenvalue weighted by Crippen LogP contribution is -2.22. The predicted molar refractivity (Wildman–Crippen MR) is 75.0 cm³/mol. The van der Waals surface area contributed by atoms with E-state index in [-0.39, 0.29) is 17.0 Å². The molecule has 0 bridgehead atoms. The van der Waals surface area contributed by atoms with E-state index >= 15 is 0 Å². The highest BCUT2D eigenvalue weighted by Crippen LogP contribution is 2.25. The molecule has 2 rings (SSSR count). The molecule has 1 aromatic heterocycles. The van der Waals surface area contributed by atoms with Crippen molar-refractivity contribution in [2.75, 3.05) is 5.32 Å². The molecular formula is C12H12FN3OS2. The fourth-order valence-electron chi connectivity index (χ4n) is 1.33. The smallest absolute Gasteiger partial charge is 0.237 e. The third-order valence-electron chi connectivity index (χ3n) is 2.43. The third kappa shape index (κ3) is 3.74. The summed E-state index contributed by atoms with van der Waals surface area (Å²) in [6, 6.07) is 4.63. The molecule has 0 spiro atoms. The Labute approximate surface area is 118 Å². The highest BCUT2D eigenvalue weighted by atomic mass is 32.2. The molecule has 19 heavy (non-hydrogen) atoms. The van der Waals surface area contributed by atoms with Crippen LogP contribution in [0.4, 0.5) is 10.1 Å². The molecule has 4 nitrogen and oxygen atoms in total. The summed E-state index contributed by atoms with van der Waals surface area (Å²) in [7, 11) is 0. The summed E-state index contributed by atoms with van der Waals surface area (Å²) in [5, 5.41) is 9.93. The van der Waals surface area contributed by atoms with Crippen molar-refractivity contribution in [1.82, 2.24) is 10.2 Å². The average Bonchev–Trinajstić information content (AvgIpc) is 2.86. The van der Waals surface area contributed by atoms with Crippen LogP contribution in [0, 0.1) is 12.7 Å². The summed E-state index contributed by atoms with van der Waals surface area (Å²) >= 11 is 2.70. The van der Waals surface area contributed by atoms with E-state index < -0.39 is 0 Å². The lowest BCUT2D eigenvalue weighted by molar-refractivity contribution is -0.115. The first-order valence-electron chi connectivity index (χ1n) is 5.56. The van der Waals surface area contributed by atoms with Gasteiger partial charge in [-0.15, -0.1) is 10.2 Å². The van der Waals surface area contributed by atoms with Crippen LogP contribution in [0.3, 0.4) is 0 Å². The summed E-state index contributed by atoms with van der Waals surface area (Å²) in [6.07, 6.45) is 0. The first kappa shape index (κ1) is 14.0. The number of nitrogens with one attached hydrogen (secondary N) is 1. The largest absolute Gasteiger partial charge is 0.325 e. The fraction of sp³-hybridized carbons (Fsp3) is 0.250. The number of benzene rings is 1. The summed E-state index contributed by atoms with van der Waals surface area (Å²) < 4.78 is 14.1. The first-order valence-corrected chi connectivity index (χ1v) is 7.32. The number of thioether (sulfide) groups is 1. The molecule has 1 heterocycles. The molecule has 1 amide bonds. The van der Waals surface area contributed by atoms with Gasteiger partial charge < -0.3 is 5.32 Å². The molecule has 0 unspecified atom stereocenters. The first-order chi connectivity index (χ1) is 9.06.